The van der Waals surface area contributed by atoms with Gasteiger partial charge in [0.05, 0.1) is 38.0 Å². The summed E-state index contributed by atoms with van der Waals surface area (Å²) in [6.45, 7) is 4.63. The number of hydrogen-bond acceptors (Lipinski definition) is 12. The normalized spacial score (nSPS) is 10.9. The number of rotatable bonds is 16. The van der Waals surface area contributed by atoms with Crippen LogP contribution in [0, 0.1) is 0 Å². The van der Waals surface area contributed by atoms with Gasteiger partial charge in [0.25, 0.3) is 17.7 Å². The first-order valence-corrected chi connectivity index (χ1v) is 14.9. The van der Waals surface area contributed by atoms with Crippen LogP contribution in [0.3, 0.4) is 0 Å². The van der Waals surface area contributed by atoms with Crippen molar-refractivity contribution >= 4 is 35.4 Å². The Balaban J connectivity index is -0.000000314. The minimum absolute atomic E-state index is 0. The Labute approximate surface area is 305 Å². The Morgan fingerprint density at radius 2 is 0.740 bits per heavy atom. The monoisotopic (exact) mass is 760 g/mol. The average Bonchev–Trinajstić information content (AvgIpc) is 3.04. The fraction of sp³-hybridized carbons (Fsp3) is 0.613. The van der Waals surface area contributed by atoms with Crippen LogP contribution in [-0.2, 0) is 60.0 Å². The van der Waals surface area contributed by atoms with Crippen LogP contribution in [0.5, 0.6) is 0 Å². The van der Waals surface area contributed by atoms with E-state index in [2.05, 4.69) is 0 Å². The molecule has 290 valence electrons. The largest absolute Gasteiger partial charge is 0.503 e. The van der Waals surface area contributed by atoms with E-state index in [0.717, 1.165) is 18.2 Å². The minimum Gasteiger partial charge on any atom is -0.503 e. The van der Waals surface area contributed by atoms with Gasteiger partial charge in [-0.05, 0) is 6.92 Å². The van der Waals surface area contributed by atoms with Crippen molar-refractivity contribution in [3.05, 3.63) is 35.5 Å². The molecule has 19 heteroatoms. The number of amides is 6. The van der Waals surface area contributed by atoms with Crippen LogP contribution in [-0.4, -0.2) is 204 Å². The number of ether oxygens (including phenoxy) is 3. The van der Waals surface area contributed by atoms with Crippen molar-refractivity contribution in [1.29, 1.82) is 0 Å². The van der Waals surface area contributed by atoms with Gasteiger partial charge in [-0.1, -0.05) is 0 Å². The first kappa shape index (κ1) is 52.6. The summed E-state index contributed by atoms with van der Waals surface area (Å²) >= 11 is 0. The predicted octanol–water partition coefficient (Wildman–Crippen LogP) is -0.748. The number of aliphatic hydroxyl groups excluding tert-OH is 3. The van der Waals surface area contributed by atoms with E-state index >= 15 is 0 Å². The molecular formula is C31H56FeN6O12. The van der Waals surface area contributed by atoms with E-state index in [0.29, 0.717) is 46.1 Å². The smallest absolute Gasteiger partial charge is 0.288 e. The van der Waals surface area contributed by atoms with Crippen LogP contribution in [0.15, 0.2) is 35.5 Å². The Morgan fingerprint density at radius 1 is 0.500 bits per heavy atom. The fourth-order valence-electron chi connectivity index (χ4n) is 2.62. The summed E-state index contributed by atoms with van der Waals surface area (Å²) < 4.78 is 14.7. The molecule has 0 heterocycles. The van der Waals surface area contributed by atoms with Crippen molar-refractivity contribution in [3.8, 4) is 0 Å². The van der Waals surface area contributed by atoms with E-state index in [9.17, 15) is 44.1 Å². The van der Waals surface area contributed by atoms with Crippen molar-refractivity contribution in [2.24, 2.45) is 0 Å². The quantitative estimate of drug-likeness (QED) is 0.0769. The van der Waals surface area contributed by atoms with E-state index in [1.54, 1.807) is 0 Å². The standard InChI is InChI=1S/C11H20N2O4.2C10H18N2O4.Fe/c1-5-17-7-6-13(4)11(16)9(14)8-10(15)12(2)3;2*1-11(2)9(14)7-8(13)10(15)12(3)5-6-16-4;/h8,14H,5-7H2,1-4H3;2*7,13H,5-6H2,1-4H3;. The molecule has 0 spiro atoms. The van der Waals surface area contributed by atoms with Gasteiger partial charge in [-0.15, -0.1) is 0 Å². The van der Waals surface area contributed by atoms with Gasteiger partial charge in [-0.2, -0.15) is 0 Å². The Kier molecular flexibility index (Phi) is 31.3. The van der Waals surface area contributed by atoms with Crippen molar-refractivity contribution < 1.29 is 75.4 Å². The Hall–Kier alpha value is -4.16. The first-order chi connectivity index (χ1) is 22.7. The second kappa shape index (κ2) is 29.7. The number of methoxy groups -OCH3 is 2. The van der Waals surface area contributed by atoms with Crippen LogP contribution in [0.25, 0.3) is 0 Å². The van der Waals surface area contributed by atoms with E-state index in [1.807, 2.05) is 6.92 Å². The summed E-state index contributed by atoms with van der Waals surface area (Å²) in [6.07, 6.45) is 2.69. The summed E-state index contributed by atoms with van der Waals surface area (Å²) in [5.74, 6) is -4.83. The van der Waals surface area contributed by atoms with E-state index < -0.39 is 52.7 Å². The molecule has 0 radical (unpaired) electrons. The van der Waals surface area contributed by atoms with Gasteiger partial charge in [-0.3, -0.25) is 28.8 Å². The van der Waals surface area contributed by atoms with Crippen LogP contribution in [0.2, 0.25) is 0 Å². The molecule has 0 aliphatic heterocycles. The number of carbonyl (C=O) groups is 6. The molecule has 0 unspecified atom stereocenters. The number of nitrogens with zero attached hydrogens (tertiary/aromatic N) is 6. The van der Waals surface area contributed by atoms with Gasteiger partial charge in [0.15, 0.2) is 17.3 Å². The molecule has 0 bridgehead atoms. The average molecular weight is 761 g/mol. The SMILES string of the molecule is CCOCCN(C)C(=O)C(O)=CC(=O)N(C)C.COCCN(C)C(=O)C(O)=CC(=O)N(C)C.COCCN(C)C(=O)C(O)=CC(=O)N(C)C.[Fe]. The van der Waals surface area contributed by atoms with Gasteiger partial charge in [0.1, 0.15) is 0 Å². The summed E-state index contributed by atoms with van der Waals surface area (Å²) in [5, 5.41) is 28.2. The molecule has 3 N–H and O–H groups in total. The molecule has 0 saturated carbocycles. The van der Waals surface area contributed by atoms with Gasteiger partial charge in [0.2, 0.25) is 17.7 Å². The fourth-order valence-corrected chi connectivity index (χ4v) is 2.62. The van der Waals surface area contributed by atoms with Crippen molar-refractivity contribution in [1.82, 2.24) is 29.4 Å². The Bertz CT molecular complexity index is 1100. The van der Waals surface area contributed by atoms with Gasteiger partial charge in [0, 0.05) is 121 Å². The minimum atomic E-state index is -0.604. The number of aliphatic hydroxyl groups is 3. The summed E-state index contributed by atoms with van der Waals surface area (Å²) in [6, 6.07) is 0. The zero-order valence-electron chi connectivity index (χ0n) is 31.2. The summed E-state index contributed by atoms with van der Waals surface area (Å²) in [5.41, 5.74) is 0. The number of carbonyl (C=O) groups excluding carboxylic acids is 6. The zero-order chi connectivity index (χ0) is 38.9. The van der Waals surface area contributed by atoms with Crippen molar-refractivity contribution in [2.75, 3.05) is 124 Å². The molecule has 0 aromatic carbocycles. The molecule has 0 rings (SSSR count). The first-order valence-electron chi connectivity index (χ1n) is 14.9. The van der Waals surface area contributed by atoms with Gasteiger partial charge >= 0.3 is 0 Å². The van der Waals surface area contributed by atoms with E-state index in [1.165, 1.54) is 107 Å². The molecule has 6 amide bonds. The molecule has 18 nitrogen and oxygen atoms in total. The maximum Gasteiger partial charge on any atom is 0.288 e. The van der Waals surface area contributed by atoms with Crippen LogP contribution >= 0.6 is 0 Å². The van der Waals surface area contributed by atoms with Crippen LogP contribution in [0.1, 0.15) is 6.92 Å². The molecule has 0 aromatic rings. The molecular weight excluding hydrogens is 704 g/mol. The van der Waals surface area contributed by atoms with E-state index in [-0.39, 0.29) is 17.1 Å². The molecule has 0 atom stereocenters. The van der Waals surface area contributed by atoms with Crippen LogP contribution in [0.4, 0.5) is 0 Å². The third-order valence-corrected chi connectivity index (χ3v) is 5.84. The third-order valence-electron chi connectivity index (χ3n) is 5.84. The van der Waals surface area contributed by atoms with Crippen LogP contribution < -0.4 is 0 Å². The Morgan fingerprint density at radius 3 is 0.940 bits per heavy atom. The molecule has 0 aliphatic carbocycles. The van der Waals surface area contributed by atoms with Crippen molar-refractivity contribution in [2.45, 2.75) is 6.92 Å². The maximum atomic E-state index is 11.6. The summed E-state index contributed by atoms with van der Waals surface area (Å²) in [7, 11) is 16.8. The number of likely N-dealkylation sites (N-methyl/N-ethyl adjacent to an activating group) is 6. The molecule has 0 fully saturated rings. The molecule has 0 saturated heterocycles. The topological polar surface area (TPSA) is 210 Å². The number of hydrogen-bond donors (Lipinski definition) is 3. The maximum absolute atomic E-state index is 11.6. The zero-order valence-corrected chi connectivity index (χ0v) is 32.3. The summed E-state index contributed by atoms with van der Waals surface area (Å²) in [4.78, 5) is 75.8. The molecule has 0 aliphatic rings. The van der Waals surface area contributed by atoms with Gasteiger partial charge < -0.3 is 58.9 Å². The second-order valence-electron chi connectivity index (χ2n) is 10.6. The molecule has 0 aromatic heterocycles. The van der Waals surface area contributed by atoms with Gasteiger partial charge in [-0.25, -0.2) is 0 Å². The third kappa shape index (κ3) is 24.9. The molecule has 50 heavy (non-hydrogen) atoms. The van der Waals surface area contributed by atoms with Crippen molar-refractivity contribution in [3.63, 3.8) is 0 Å². The second-order valence-corrected chi connectivity index (χ2v) is 10.6. The van der Waals surface area contributed by atoms with E-state index in [4.69, 9.17) is 14.2 Å². The predicted molar refractivity (Wildman–Crippen MR) is 181 cm³/mol.